The van der Waals surface area contributed by atoms with Crippen molar-refractivity contribution in [1.29, 1.82) is 0 Å². The van der Waals surface area contributed by atoms with Crippen molar-refractivity contribution in [2.24, 2.45) is 0 Å². The molecule has 0 radical (unpaired) electrons. The van der Waals surface area contributed by atoms with Crippen LogP contribution in [0.2, 0.25) is 0 Å². The van der Waals surface area contributed by atoms with Gasteiger partial charge in [-0.2, -0.15) is 0 Å². The van der Waals surface area contributed by atoms with Gasteiger partial charge in [-0.05, 0) is 26.0 Å². The quantitative estimate of drug-likeness (QED) is 0.774. The molecule has 0 aromatic heterocycles. The summed E-state index contributed by atoms with van der Waals surface area (Å²) in [4.78, 5) is 0. The summed E-state index contributed by atoms with van der Waals surface area (Å²) in [5.74, 6) is 0. The molecule has 0 aliphatic rings. The molecule has 0 bridgehead atoms. The molecule has 90 valence electrons. The number of nitrogens with one attached hydrogen (secondary N) is 1. The van der Waals surface area contributed by atoms with E-state index in [4.69, 9.17) is 0 Å². The van der Waals surface area contributed by atoms with Gasteiger partial charge in [0.15, 0.2) is 0 Å². The van der Waals surface area contributed by atoms with Crippen LogP contribution in [0.3, 0.4) is 0 Å². The lowest BCUT2D eigenvalue weighted by atomic mass is 9.83. The van der Waals surface area contributed by atoms with Crippen LogP contribution in [-0.4, -0.2) is 18.2 Å². The molecule has 2 nitrogen and oxygen atoms in total. The third-order valence-electron chi connectivity index (χ3n) is 3.33. The standard InChI is InChI=1S/C14H23NO/c1-4-5-11-14(16,12(2)15-3)13-9-7-6-8-10-13/h6-10,12,15-16H,4-5,11H2,1-3H3. The smallest absolute Gasteiger partial charge is 0.105 e. The third kappa shape index (κ3) is 2.83. The van der Waals surface area contributed by atoms with Crippen molar-refractivity contribution in [3.8, 4) is 0 Å². The fourth-order valence-corrected chi connectivity index (χ4v) is 2.02. The molecule has 1 aromatic rings. The van der Waals surface area contributed by atoms with Crippen LogP contribution in [0.15, 0.2) is 30.3 Å². The highest BCUT2D eigenvalue weighted by Crippen LogP contribution is 2.30. The minimum atomic E-state index is -0.758. The molecule has 2 heteroatoms. The number of aliphatic hydroxyl groups is 1. The zero-order valence-corrected chi connectivity index (χ0v) is 10.5. The molecular formula is C14H23NO. The highest BCUT2D eigenvalue weighted by Gasteiger charge is 2.33. The van der Waals surface area contributed by atoms with Crippen molar-refractivity contribution in [3.05, 3.63) is 35.9 Å². The van der Waals surface area contributed by atoms with Gasteiger partial charge in [0.2, 0.25) is 0 Å². The average Bonchev–Trinajstić information content (AvgIpc) is 2.36. The molecular weight excluding hydrogens is 198 g/mol. The first-order chi connectivity index (χ1) is 7.65. The Morgan fingerprint density at radius 3 is 2.44 bits per heavy atom. The van der Waals surface area contributed by atoms with Crippen LogP contribution in [0.5, 0.6) is 0 Å². The normalized spacial score (nSPS) is 16.8. The average molecular weight is 221 g/mol. The van der Waals surface area contributed by atoms with E-state index in [9.17, 15) is 5.11 Å². The first-order valence-corrected chi connectivity index (χ1v) is 6.10. The van der Waals surface area contributed by atoms with Gasteiger partial charge in [-0.3, -0.25) is 0 Å². The van der Waals surface area contributed by atoms with Crippen molar-refractivity contribution >= 4 is 0 Å². The van der Waals surface area contributed by atoms with Gasteiger partial charge in [0.25, 0.3) is 0 Å². The van der Waals surface area contributed by atoms with Crippen molar-refractivity contribution in [3.63, 3.8) is 0 Å². The molecule has 0 aliphatic heterocycles. The van der Waals surface area contributed by atoms with E-state index in [0.717, 1.165) is 24.8 Å². The molecule has 0 heterocycles. The number of rotatable bonds is 6. The number of likely N-dealkylation sites (N-methyl/N-ethyl adjacent to an activating group) is 1. The van der Waals surface area contributed by atoms with E-state index < -0.39 is 5.60 Å². The molecule has 0 spiro atoms. The van der Waals surface area contributed by atoms with Gasteiger partial charge in [0.05, 0.1) is 0 Å². The van der Waals surface area contributed by atoms with Gasteiger partial charge in [-0.15, -0.1) is 0 Å². The van der Waals surface area contributed by atoms with Crippen LogP contribution in [-0.2, 0) is 5.60 Å². The monoisotopic (exact) mass is 221 g/mol. The molecule has 1 aromatic carbocycles. The second-order valence-corrected chi connectivity index (χ2v) is 4.40. The Bertz CT molecular complexity index is 299. The molecule has 2 unspecified atom stereocenters. The molecule has 16 heavy (non-hydrogen) atoms. The van der Waals surface area contributed by atoms with Crippen molar-refractivity contribution in [2.75, 3.05) is 7.05 Å². The first kappa shape index (κ1) is 13.2. The topological polar surface area (TPSA) is 32.3 Å². The maximum absolute atomic E-state index is 10.8. The molecule has 1 rings (SSSR count). The van der Waals surface area contributed by atoms with Gasteiger partial charge in [-0.25, -0.2) is 0 Å². The Balaban J connectivity index is 2.94. The van der Waals surface area contributed by atoms with Crippen LogP contribution >= 0.6 is 0 Å². The predicted molar refractivity (Wildman–Crippen MR) is 68.4 cm³/mol. The second kappa shape index (κ2) is 6.02. The van der Waals surface area contributed by atoms with E-state index in [1.165, 1.54) is 0 Å². The third-order valence-corrected chi connectivity index (χ3v) is 3.33. The van der Waals surface area contributed by atoms with Crippen LogP contribution < -0.4 is 5.32 Å². The Labute approximate surface area is 98.7 Å². The minimum Gasteiger partial charge on any atom is -0.384 e. The van der Waals surface area contributed by atoms with Crippen LogP contribution in [0.4, 0.5) is 0 Å². The summed E-state index contributed by atoms with van der Waals surface area (Å²) in [5.41, 5.74) is 0.247. The van der Waals surface area contributed by atoms with Crippen molar-refractivity contribution in [2.45, 2.75) is 44.8 Å². The maximum atomic E-state index is 10.8. The summed E-state index contributed by atoms with van der Waals surface area (Å²) in [6.07, 6.45) is 2.94. The lowest BCUT2D eigenvalue weighted by Crippen LogP contribution is -2.45. The lowest BCUT2D eigenvalue weighted by molar-refractivity contribution is -0.00545. The molecule has 0 saturated heterocycles. The number of unbranched alkanes of at least 4 members (excludes halogenated alkanes) is 1. The highest BCUT2D eigenvalue weighted by atomic mass is 16.3. The Kier molecular flexibility index (Phi) is 4.97. The van der Waals surface area contributed by atoms with E-state index in [-0.39, 0.29) is 6.04 Å². The van der Waals surface area contributed by atoms with Gasteiger partial charge >= 0.3 is 0 Å². The number of hydrogen-bond acceptors (Lipinski definition) is 2. The maximum Gasteiger partial charge on any atom is 0.105 e. The van der Waals surface area contributed by atoms with Gasteiger partial charge in [-0.1, -0.05) is 50.1 Å². The Morgan fingerprint density at radius 1 is 1.31 bits per heavy atom. The Morgan fingerprint density at radius 2 is 1.94 bits per heavy atom. The molecule has 0 amide bonds. The molecule has 0 saturated carbocycles. The Hall–Kier alpha value is -0.860. The molecule has 0 aliphatic carbocycles. The summed E-state index contributed by atoms with van der Waals surface area (Å²) in [6, 6.07) is 10.0. The number of hydrogen-bond donors (Lipinski definition) is 2. The van der Waals surface area contributed by atoms with E-state index in [2.05, 4.69) is 12.2 Å². The van der Waals surface area contributed by atoms with E-state index >= 15 is 0 Å². The molecule has 2 atom stereocenters. The summed E-state index contributed by atoms with van der Waals surface area (Å²) in [7, 11) is 1.89. The zero-order valence-electron chi connectivity index (χ0n) is 10.5. The largest absolute Gasteiger partial charge is 0.384 e. The summed E-state index contributed by atoms with van der Waals surface area (Å²) in [5, 5.41) is 14.0. The summed E-state index contributed by atoms with van der Waals surface area (Å²) >= 11 is 0. The molecule has 0 fully saturated rings. The number of benzene rings is 1. The fraction of sp³-hybridized carbons (Fsp3) is 0.571. The van der Waals surface area contributed by atoms with Crippen LogP contribution in [0.1, 0.15) is 38.7 Å². The minimum absolute atomic E-state index is 0.0569. The zero-order chi connectivity index (χ0) is 12.0. The van der Waals surface area contributed by atoms with E-state index in [1.54, 1.807) is 0 Å². The van der Waals surface area contributed by atoms with Crippen molar-refractivity contribution in [1.82, 2.24) is 5.32 Å². The highest BCUT2D eigenvalue weighted by molar-refractivity contribution is 5.24. The van der Waals surface area contributed by atoms with Gasteiger partial charge in [0.1, 0.15) is 5.60 Å². The lowest BCUT2D eigenvalue weighted by Gasteiger charge is -2.34. The summed E-state index contributed by atoms with van der Waals surface area (Å²) < 4.78 is 0. The predicted octanol–water partition coefficient (Wildman–Crippen LogP) is 2.67. The van der Waals surface area contributed by atoms with Crippen LogP contribution in [0.25, 0.3) is 0 Å². The van der Waals surface area contributed by atoms with Gasteiger partial charge < -0.3 is 10.4 Å². The SMILES string of the molecule is CCCCC(O)(c1ccccc1)C(C)NC. The second-order valence-electron chi connectivity index (χ2n) is 4.40. The molecule has 2 N–H and O–H groups in total. The summed E-state index contributed by atoms with van der Waals surface area (Å²) in [6.45, 7) is 4.18. The van der Waals surface area contributed by atoms with Crippen molar-refractivity contribution < 1.29 is 5.11 Å². The van der Waals surface area contributed by atoms with E-state index in [1.807, 2.05) is 44.3 Å². The van der Waals surface area contributed by atoms with Crippen LogP contribution in [0, 0.1) is 0 Å². The van der Waals surface area contributed by atoms with Gasteiger partial charge in [0, 0.05) is 6.04 Å². The van der Waals surface area contributed by atoms with E-state index in [0.29, 0.717) is 0 Å². The fourth-order valence-electron chi connectivity index (χ4n) is 2.02. The first-order valence-electron chi connectivity index (χ1n) is 6.10.